The van der Waals surface area contributed by atoms with E-state index in [1.54, 1.807) is 32.4 Å². The molecule has 0 heterocycles. The number of benzene rings is 1. The van der Waals surface area contributed by atoms with Gasteiger partial charge in [-0.2, -0.15) is 0 Å². The van der Waals surface area contributed by atoms with Crippen molar-refractivity contribution in [2.75, 3.05) is 19.5 Å². The minimum atomic E-state index is -0.158. The zero-order chi connectivity index (χ0) is 15.1. The Balaban J connectivity index is 1.92. The molecule has 1 aliphatic rings. The third-order valence-corrected chi connectivity index (χ3v) is 3.83. The molecule has 0 unspecified atom stereocenters. The summed E-state index contributed by atoms with van der Waals surface area (Å²) >= 11 is 0. The minimum Gasteiger partial charge on any atom is -0.493 e. The van der Waals surface area contributed by atoms with Crippen molar-refractivity contribution in [3.63, 3.8) is 0 Å². The van der Waals surface area contributed by atoms with Gasteiger partial charge in [-0.1, -0.05) is 25.7 Å². The van der Waals surface area contributed by atoms with Crippen LogP contribution in [0.3, 0.4) is 0 Å². The minimum absolute atomic E-state index is 0.158. The summed E-state index contributed by atoms with van der Waals surface area (Å²) in [4.78, 5) is 12.1. The Morgan fingerprint density at radius 3 is 2.33 bits per heavy atom. The van der Waals surface area contributed by atoms with Crippen molar-refractivity contribution < 1.29 is 14.3 Å². The molecule has 2 N–H and O–H groups in total. The molecule has 0 aliphatic heterocycles. The number of hydrogen-bond donors (Lipinski definition) is 2. The highest BCUT2D eigenvalue weighted by molar-refractivity contribution is 5.89. The third kappa shape index (κ3) is 4.55. The van der Waals surface area contributed by atoms with Crippen LogP contribution in [0.4, 0.5) is 10.5 Å². The summed E-state index contributed by atoms with van der Waals surface area (Å²) in [6.45, 7) is 0. The first-order valence-corrected chi connectivity index (χ1v) is 7.52. The number of ether oxygens (including phenoxy) is 2. The maximum Gasteiger partial charge on any atom is 0.319 e. The summed E-state index contributed by atoms with van der Waals surface area (Å²) in [5.74, 6) is 1.25. The van der Waals surface area contributed by atoms with Gasteiger partial charge in [-0.3, -0.25) is 0 Å². The lowest BCUT2D eigenvalue weighted by Gasteiger charge is -2.17. The van der Waals surface area contributed by atoms with Gasteiger partial charge in [0.25, 0.3) is 0 Å². The van der Waals surface area contributed by atoms with Gasteiger partial charge >= 0.3 is 6.03 Å². The molecule has 2 rings (SSSR count). The Bertz CT molecular complexity index is 469. The molecule has 0 radical (unpaired) electrons. The molecule has 0 aromatic heterocycles. The molecule has 1 fully saturated rings. The highest BCUT2D eigenvalue weighted by Crippen LogP contribution is 2.29. The van der Waals surface area contributed by atoms with Crippen LogP contribution in [0.5, 0.6) is 11.5 Å². The van der Waals surface area contributed by atoms with Crippen molar-refractivity contribution in [2.24, 2.45) is 0 Å². The summed E-state index contributed by atoms with van der Waals surface area (Å²) in [5, 5.41) is 5.90. The van der Waals surface area contributed by atoms with E-state index in [1.807, 2.05) is 0 Å². The number of rotatable bonds is 4. The monoisotopic (exact) mass is 292 g/mol. The molecule has 5 nitrogen and oxygen atoms in total. The lowest BCUT2D eigenvalue weighted by Crippen LogP contribution is -2.37. The van der Waals surface area contributed by atoms with Crippen LogP contribution in [-0.4, -0.2) is 26.3 Å². The highest BCUT2D eigenvalue weighted by atomic mass is 16.5. The standard InChI is InChI=1S/C16H24N2O3/c1-20-14-10-9-13(11-15(14)21-2)18-16(19)17-12-7-5-3-4-6-8-12/h9-12H,3-8H2,1-2H3,(H2,17,18,19). The van der Waals surface area contributed by atoms with Gasteiger partial charge < -0.3 is 20.1 Å². The molecule has 0 bridgehead atoms. The molecule has 1 saturated carbocycles. The Kier molecular flexibility index (Phi) is 5.72. The van der Waals surface area contributed by atoms with Crippen LogP contribution in [0.25, 0.3) is 0 Å². The molecule has 116 valence electrons. The zero-order valence-electron chi connectivity index (χ0n) is 12.8. The third-order valence-electron chi connectivity index (χ3n) is 3.83. The first kappa shape index (κ1) is 15.5. The van der Waals surface area contributed by atoms with Gasteiger partial charge in [0.15, 0.2) is 11.5 Å². The second-order valence-electron chi connectivity index (χ2n) is 5.36. The molecule has 5 heteroatoms. The Labute approximate surface area is 126 Å². The number of hydrogen-bond acceptors (Lipinski definition) is 3. The first-order chi connectivity index (χ1) is 10.2. The summed E-state index contributed by atoms with van der Waals surface area (Å²) in [6, 6.07) is 5.46. The van der Waals surface area contributed by atoms with Crippen LogP contribution in [0, 0.1) is 0 Å². The van der Waals surface area contributed by atoms with E-state index in [1.165, 1.54) is 25.7 Å². The van der Waals surface area contributed by atoms with Gasteiger partial charge in [0.05, 0.1) is 14.2 Å². The predicted molar refractivity (Wildman–Crippen MR) is 83.2 cm³/mol. The van der Waals surface area contributed by atoms with E-state index in [0.717, 1.165) is 12.8 Å². The van der Waals surface area contributed by atoms with E-state index in [-0.39, 0.29) is 12.1 Å². The van der Waals surface area contributed by atoms with Gasteiger partial charge in [0.2, 0.25) is 0 Å². The number of anilines is 1. The van der Waals surface area contributed by atoms with Crippen molar-refractivity contribution >= 4 is 11.7 Å². The van der Waals surface area contributed by atoms with Gasteiger partial charge in [-0.15, -0.1) is 0 Å². The summed E-state index contributed by atoms with van der Waals surface area (Å²) in [6.07, 6.45) is 7.08. The number of methoxy groups -OCH3 is 2. The molecule has 1 aliphatic carbocycles. The molecular weight excluding hydrogens is 268 g/mol. The van der Waals surface area contributed by atoms with Gasteiger partial charge in [-0.25, -0.2) is 4.79 Å². The smallest absolute Gasteiger partial charge is 0.319 e. The maximum absolute atomic E-state index is 12.1. The van der Waals surface area contributed by atoms with Crippen LogP contribution in [0.2, 0.25) is 0 Å². The second kappa shape index (κ2) is 7.76. The molecule has 21 heavy (non-hydrogen) atoms. The van der Waals surface area contributed by atoms with Gasteiger partial charge in [0.1, 0.15) is 0 Å². The average Bonchev–Trinajstić information content (AvgIpc) is 2.75. The van der Waals surface area contributed by atoms with E-state index in [2.05, 4.69) is 10.6 Å². The number of amides is 2. The summed E-state index contributed by atoms with van der Waals surface area (Å²) in [7, 11) is 3.16. The lowest BCUT2D eigenvalue weighted by molar-refractivity contribution is 0.247. The number of urea groups is 1. The SMILES string of the molecule is COc1ccc(NC(=O)NC2CCCCCC2)cc1OC. The molecular formula is C16H24N2O3. The Morgan fingerprint density at radius 2 is 1.71 bits per heavy atom. The van der Waals surface area contributed by atoms with Crippen LogP contribution >= 0.6 is 0 Å². The molecule has 1 aromatic rings. The van der Waals surface area contributed by atoms with Crippen molar-refractivity contribution in [3.8, 4) is 11.5 Å². The lowest BCUT2D eigenvalue weighted by atomic mass is 10.1. The van der Waals surface area contributed by atoms with Crippen LogP contribution in [0.1, 0.15) is 38.5 Å². The normalized spacial score (nSPS) is 15.9. The van der Waals surface area contributed by atoms with E-state index < -0.39 is 0 Å². The largest absolute Gasteiger partial charge is 0.493 e. The molecule has 2 amide bonds. The predicted octanol–water partition coefficient (Wildman–Crippen LogP) is 3.55. The Morgan fingerprint density at radius 1 is 1.05 bits per heavy atom. The van der Waals surface area contributed by atoms with E-state index in [4.69, 9.17) is 9.47 Å². The topological polar surface area (TPSA) is 59.6 Å². The molecule has 0 spiro atoms. The van der Waals surface area contributed by atoms with Crippen molar-refractivity contribution in [1.82, 2.24) is 5.32 Å². The van der Waals surface area contributed by atoms with E-state index in [9.17, 15) is 4.79 Å². The number of carbonyl (C=O) groups is 1. The quantitative estimate of drug-likeness (QED) is 0.834. The van der Waals surface area contributed by atoms with E-state index >= 15 is 0 Å². The second-order valence-corrected chi connectivity index (χ2v) is 5.36. The van der Waals surface area contributed by atoms with Gasteiger partial charge in [-0.05, 0) is 25.0 Å². The Hall–Kier alpha value is -1.91. The average molecular weight is 292 g/mol. The fourth-order valence-electron chi connectivity index (χ4n) is 2.69. The number of carbonyl (C=O) groups excluding carboxylic acids is 1. The summed E-state index contributed by atoms with van der Waals surface area (Å²) in [5.41, 5.74) is 0.693. The van der Waals surface area contributed by atoms with Gasteiger partial charge in [0, 0.05) is 17.8 Å². The van der Waals surface area contributed by atoms with E-state index in [0.29, 0.717) is 17.2 Å². The van der Waals surface area contributed by atoms with Crippen molar-refractivity contribution in [2.45, 2.75) is 44.6 Å². The fraction of sp³-hybridized carbons (Fsp3) is 0.562. The maximum atomic E-state index is 12.1. The fourth-order valence-corrected chi connectivity index (χ4v) is 2.69. The summed E-state index contributed by atoms with van der Waals surface area (Å²) < 4.78 is 10.4. The first-order valence-electron chi connectivity index (χ1n) is 7.52. The van der Waals surface area contributed by atoms with Crippen LogP contribution < -0.4 is 20.1 Å². The zero-order valence-corrected chi connectivity index (χ0v) is 12.8. The molecule has 1 aromatic carbocycles. The highest BCUT2D eigenvalue weighted by Gasteiger charge is 2.15. The molecule has 0 saturated heterocycles. The van der Waals surface area contributed by atoms with Crippen molar-refractivity contribution in [3.05, 3.63) is 18.2 Å². The molecule has 0 atom stereocenters. The van der Waals surface area contributed by atoms with Crippen molar-refractivity contribution in [1.29, 1.82) is 0 Å². The van der Waals surface area contributed by atoms with Crippen LogP contribution in [-0.2, 0) is 0 Å². The number of nitrogens with one attached hydrogen (secondary N) is 2. The van der Waals surface area contributed by atoms with Crippen LogP contribution in [0.15, 0.2) is 18.2 Å².